The summed E-state index contributed by atoms with van der Waals surface area (Å²) in [5.74, 6) is -0.995. The van der Waals surface area contributed by atoms with Gasteiger partial charge in [-0.3, -0.25) is 0 Å². The zero-order chi connectivity index (χ0) is 12.3. The van der Waals surface area contributed by atoms with Crippen LogP contribution in [0.3, 0.4) is 0 Å². The molecule has 3 nitrogen and oxygen atoms in total. The van der Waals surface area contributed by atoms with Crippen LogP contribution in [0.5, 0.6) is 0 Å². The highest BCUT2D eigenvalue weighted by atomic mass is 16.4. The smallest absolute Gasteiger partial charge is 0.337 e. The predicted octanol–water partition coefficient (Wildman–Crippen LogP) is 2.49. The van der Waals surface area contributed by atoms with Gasteiger partial charge in [0.2, 0.25) is 0 Å². The molecule has 0 aliphatic heterocycles. The molecule has 0 fully saturated rings. The third-order valence-corrected chi connectivity index (χ3v) is 2.71. The highest BCUT2D eigenvalue weighted by Crippen LogP contribution is 2.26. The Hall–Kier alpha value is -1.35. The molecule has 16 heavy (non-hydrogen) atoms. The molecule has 0 spiro atoms. The van der Waals surface area contributed by atoms with E-state index in [9.17, 15) is 9.90 Å². The van der Waals surface area contributed by atoms with Gasteiger partial charge in [-0.1, -0.05) is 39.0 Å². The summed E-state index contributed by atoms with van der Waals surface area (Å²) >= 11 is 0. The first-order chi connectivity index (χ1) is 7.47. The quantitative estimate of drug-likeness (QED) is 0.822. The second-order valence-corrected chi connectivity index (χ2v) is 4.21. The molecule has 0 saturated carbocycles. The van der Waals surface area contributed by atoms with E-state index in [0.717, 1.165) is 17.5 Å². The molecular formula is C13H18O3. The molecule has 2 N–H and O–H groups in total. The zero-order valence-electron chi connectivity index (χ0n) is 9.90. The minimum atomic E-state index is -1.43. The van der Waals surface area contributed by atoms with Crippen molar-refractivity contribution in [1.82, 2.24) is 0 Å². The summed E-state index contributed by atoms with van der Waals surface area (Å²) in [5.41, 5.74) is 2.45. The van der Waals surface area contributed by atoms with Gasteiger partial charge in [0.25, 0.3) is 0 Å². The molecule has 88 valence electrons. The Bertz CT molecular complexity index is 383. The first kappa shape index (κ1) is 12.7. The summed E-state index contributed by atoms with van der Waals surface area (Å²) < 4.78 is 0. The van der Waals surface area contributed by atoms with Gasteiger partial charge in [0.15, 0.2) is 6.10 Å². The Balaban J connectivity index is 3.25. The Morgan fingerprint density at radius 2 is 1.94 bits per heavy atom. The van der Waals surface area contributed by atoms with Crippen LogP contribution in [0.25, 0.3) is 0 Å². The molecule has 0 aliphatic rings. The first-order valence-corrected chi connectivity index (χ1v) is 5.51. The zero-order valence-corrected chi connectivity index (χ0v) is 9.90. The fourth-order valence-corrected chi connectivity index (χ4v) is 1.74. The Morgan fingerprint density at radius 3 is 2.38 bits per heavy atom. The Kier molecular flexibility index (Phi) is 4.07. The molecule has 0 aliphatic carbocycles. The molecule has 3 heteroatoms. The molecule has 0 heterocycles. The minimum Gasteiger partial charge on any atom is -0.479 e. The topological polar surface area (TPSA) is 57.5 Å². The van der Waals surface area contributed by atoms with E-state index in [1.807, 2.05) is 32.9 Å². The van der Waals surface area contributed by atoms with Gasteiger partial charge in [-0.25, -0.2) is 4.79 Å². The van der Waals surface area contributed by atoms with Crippen molar-refractivity contribution in [3.8, 4) is 0 Å². The van der Waals surface area contributed by atoms with Crippen LogP contribution < -0.4 is 0 Å². The molecule has 1 aromatic carbocycles. The van der Waals surface area contributed by atoms with Crippen molar-refractivity contribution in [2.45, 2.75) is 39.2 Å². The lowest BCUT2D eigenvalue weighted by Crippen LogP contribution is -2.13. The van der Waals surface area contributed by atoms with E-state index in [0.29, 0.717) is 5.56 Å². The summed E-state index contributed by atoms with van der Waals surface area (Å²) in [6.45, 7) is 5.97. The summed E-state index contributed by atoms with van der Waals surface area (Å²) in [6.07, 6.45) is -0.596. The predicted molar refractivity (Wildman–Crippen MR) is 62.5 cm³/mol. The molecule has 1 rings (SSSR count). The van der Waals surface area contributed by atoms with Gasteiger partial charge in [-0.2, -0.15) is 0 Å². The molecule has 1 aromatic rings. The van der Waals surface area contributed by atoms with Crippen molar-refractivity contribution in [2.75, 3.05) is 0 Å². The van der Waals surface area contributed by atoms with Gasteiger partial charge >= 0.3 is 5.97 Å². The largest absolute Gasteiger partial charge is 0.479 e. The van der Waals surface area contributed by atoms with Crippen LogP contribution in [0.2, 0.25) is 0 Å². The van der Waals surface area contributed by atoms with Crippen molar-refractivity contribution in [3.63, 3.8) is 0 Å². The third-order valence-electron chi connectivity index (χ3n) is 2.71. The van der Waals surface area contributed by atoms with Crippen LogP contribution in [0.15, 0.2) is 18.2 Å². The summed E-state index contributed by atoms with van der Waals surface area (Å²) in [7, 11) is 0. The van der Waals surface area contributed by atoms with Gasteiger partial charge in [-0.05, 0) is 29.0 Å². The van der Waals surface area contributed by atoms with Crippen molar-refractivity contribution < 1.29 is 15.0 Å². The first-order valence-electron chi connectivity index (χ1n) is 5.51. The maximum atomic E-state index is 10.8. The van der Waals surface area contributed by atoms with Crippen LogP contribution in [-0.4, -0.2) is 16.2 Å². The van der Waals surface area contributed by atoms with Crippen molar-refractivity contribution in [2.24, 2.45) is 0 Å². The second-order valence-electron chi connectivity index (χ2n) is 4.21. The lowest BCUT2D eigenvalue weighted by molar-refractivity contribution is -0.147. The van der Waals surface area contributed by atoms with Crippen LogP contribution in [-0.2, 0) is 11.2 Å². The van der Waals surface area contributed by atoms with Crippen LogP contribution in [0.1, 0.15) is 49.5 Å². The fourth-order valence-electron chi connectivity index (χ4n) is 1.74. The number of hydrogen-bond acceptors (Lipinski definition) is 2. The van der Waals surface area contributed by atoms with E-state index < -0.39 is 12.1 Å². The van der Waals surface area contributed by atoms with E-state index in [1.165, 1.54) is 0 Å². The fraction of sp³-hybridized carbons (Fsp3) is 0.462. The number of carbonyl (C=O) groups is 1. The summed E-state index contributed by atoms with van der Waals surface area (Å²) in [4.78, 5) is 10.8. The highest BCUT2D eigenvalue weighted by molar-refractivity contribution is 5.74. The monoisotopic (exact) mass is 222 g/mol. The van der Waals surface area contributed by atoms with Gasteiger partial charge in [-0.15, -0.1) is 0 Å². The summed E-state index contributed by atoms with van der Waals surface area (Å²) in [6, 6.07) is 5.67. The van der Waals surface area contributed by atoms with E-state index >= 15 is 0 Å². The van der Waals surface area contributed by atoms with Gasteiger partial charge in [0.05, 0.1) is 0 Å². The number of hydrogen-bond donors (Lipinski definition) is 2. The normalized spacial score (nSPS) is 12.8. The Labute approximate surface area is 95.7 Å². The standard InChI is InChI=1S/C13H18O3/c1-4-9-5-6-10(8(2)3)11(7-9)12(14)13(15)16/h5-8,12,14H,4H2,1-3H3,(H,15,16). The second kappa shape index (κ2) is 5.12. The highest BCUT2D eigenvalue weighted by Gasteiger charge is 2.20. The maximum Gasteiger partial charge on any atom is 0.337 e. The average molecular weight is 222 g/mol. The minimum absolute atomic E-state index is 0.204. The van der Waals surface area contributed by atoms with Crippen LogP contribution in [0, 0.1) is 0 Å². The SMILES string of the molecule is CCc1ccc(C(C)C)c(C(O)C(=O)O)c1. The number of aliphatic hydroxyl groups excluding tert-OH is 1. The third kappa shape index (κ3) is 2.61. The number of rotatable bonds is 4. The molecule has 0 radical (unpaired) electrons. The van der Waals surface area contributed by atoms with Gasteiger partial charge in [0.1, 0.15) is 0 Å². The van der Waals surface area contributed by atoms with Crippen molar-refractivity contribution in [3.05, 3.63) is 34.9 Å². The molecule has 0 saturated heterocycles. The van der Waals surface area contributed by atoms with E-state index in [1.54, 1.807) is 6.07 Å². The van der Waals surface area contributed by atoms with Crippen molar-refractivity contribution in [1.29, 1.82) is 0 Å². The molecule has 1 atom stereocenters. The molecule has 1 unspecified atom stereocenters. The number of aryl methyl sites for hydroxylation is 1. The lowest BCUT2D eigenvalue weighted by atomic mass is 9.92. The number of aliphatic carboxylic acids is 1. The van der Waals surface area contributed by atoms with E-state index in [4.69, 9.17) is 5.11 Å². The van der Waals surface area contributed by atoms with Gasteiger partial charge < -0.3 is 10.2 Å². The van der Waals surface area contributed by atoms with E-state index in [2.05, 4.69) is 0 Å². The van der Waals surface area contributed by atoms with Crippen LogP contribution in [0.4, 0.5) is 0 Å². The number of benzene rings is 1. The number of carboxylic acids is 1. The van der Waals surface area contributed by atoms with Crippen molar-refractivity contribution >= 4 is 5.97 Å². The van der Waals surface area contributed by atoms with Gasteiger partial charge in [0, 0.05) is 0 Å². The molecule has 0 aromatic heterocycles. The maximum absolute atomic E-state index is 10.8. The average Bonchev–Trinajstić information content (AvgIpc) is 2.26. The Morgan fingerprint density at radius 1 is 1.31 bits per heavy atom. The molecular weight excluding hydrogens is 204 g/mol. The van der Waals surface area contributed by atoms with E-state index in [-0.39, 0.29) is 5.92 Å². The molecule has 0 bridgehead atoms. The lowest BCUT2D eigenvalue weighted by Gasteiger charge is -2.16. The number of carboxylic acid groups (broad SMARTS) is 1. The summed E-state index contributed by atoms with van der Waals surface area (Å²) in [5, 5.41) is 18.5. The number of aliphatic hydroxyl groups is 1. The van der Waals surface area contributed by atoms with Crippen LogP contribution >= 0.6 is 0 Å². The molecule has 0 amide bonds.